The normalized spacial score (nSPS) is 10.7. The van der Waals surface area contributed by atoms with Gasteiger partial charge in [0.05, 0.1) is 23.6 Å². The lowest BCUT2D eigenvalue weighted by atomic mass is 10.1. The highest BCUT2D eigenvalue weighted by molar-refractivity contribution is 6.07. The van der Waals surface area contributed by atoms with Gasteiger partial charge >= 0.3 is 0 Å². The molecule has 0 fully saturated rings. The Morgan fingerprint density at radius 1 is 0.931 bits per heavy atom. The van der Waals surface area contributed by atoms with Crippen molar-refractivity contribution in [2.45, 2.75) is 6.42 Å². The number of amides is 1. The van der Waals surface area contributed by atoms with Gasteiger partial charge in [-0.15, -0.1) is 0 Å². The molecule has 0 aliphatic carbocycles. The Labute approximate surface area is 166 Å². The van der Waals surface area contributed by atoms with Crippen LogP contribution in [0, 0.1) is 5.82 Å². The molecule has 0 spiro atoms. The van der Waals surface area contributed by atoms with Crippen LogP contribution in [0.15, 0.2) is 73.2 Å². The Morgan fingerprint density at radius 2 is 1.76 bits per heavy atom. The number of pyridine rings is 1. The summed E-state index contributed by atoms with van der Waals surface area (Å²) in [5.41, 5.74) is 2.57. The average molecular weight is 387 g/mol. The summed E-state index contributed by atoms with van der Waals surface area (Å²) in [6, 6.07) is 15.7. The van der Waals surface area contributed by atoms with Crippen LogP contribution >= 0.6 is 0 Å². The van der Waals surface area contributed by atoms with E-state index in [1.165, 1.54) is 24.5 Å². The quantitative estimate of drug-likeness (QED) is 0.521. The molecular formula is C22H18FN5O. The number of fused-ring (bicyclic) bond motifs is 1. The zero-order valence-corrected chi connectivity index (χ0v) is 15.5. The van der Waals surface area contributed by atoms with E-state index < -0.39 is 0 Å². The summed E-state index contributed by atoms with van der Waals surface area (Å²) in [6.07, 6.45) is 5.34. The molecule has 0 atom stereocenters. The minimum absolute atomic E-state index is 0.210. The molecule has 0 radical (unpaired) electrons. The average Bonchev–Trinajstić information content (AvgIpc) is 2.76. The van der Waals surface area contributed by atoms with Crippen LogP contribution < -0.4 is 10.6 Å². The lowest BCUT2D eigenvalue weighted by molar-refractivity contribution is 0.102. The predicted molar refractivity (Wildman–Crippen MR) is 110 cm³/mol. The summed E-state index contributed by atoms with van der Waals surface area (Å²) in [4.78, 5) is 25.3. The maximum atomic E-state index is 12.9. The fourth-order valence-corrected chi connectivity index (χ4v) is 2.91. The van der Waals surface area contributed by atoms with Crippen molar-refractivity contribution in [2.24, 2.45) is 0 Å². The number of rotatable bonds is 6. The number of halogens is 1. The number of benzene rings is 2. The van der Waals surface area contributed by atoms with Crippen LogP contribution in [0.25, 0.3) is 10.9 Å². The Hall–Kier alpha value is -3.87. The van der Waals surface area contributed by atoms with Gasteiger partial charge in [-0.2, -0.15) is 0 Å². The second kappa shape index (κ2) is 8.43. The van der Waals surface area contributed by atoms with Crippen LogP contribution in [0.1, 0.15) is 16.1 Å². The van der Waals surface area contributed by atoms with Crippen molar-refractivity contribution < 1.29 is 9.18 Å². The Kier molecular flexibility index (Phi) is 5.38. The number of nitrogens with zero attached hydrogens (tertiary/aromatic N) is 3. The summed E-state index contributed by atoms with van der Waals surface area (Å²) >= 11 is 0. The van der Waals surface area contributed by atoms with Gasteiger partial charge in [-0.1, -0.05) is 30.3 Å². The van der Waals surface area contributed by atoms with Gasteiger partial charge in [0.2, 0.25) is 0 Å². The van der Waals surface area contributed by atoms with E-state index in [0.717, 1.165) is 22.9 Å². The molecule has 4 rings (SSSR count). The van der Waals surface area contributed by atoms with Crippen molar-refractivity contribution in [3.63, 3.8) is 0 Å². The Balaban J connectivity index is 1.37. The standard InChI is InChI=1S/C22H18FN5O/c23-17-8-6-15(7-9-17)10-12-24-20-14-26-19(13-27-20)22(29)28-18-5-1-3-16-4-2-11-25-21(16)18/h1-9,11,13-14H,10,12H2,(H,24,27)(H,28,29). The van der Waals surface area contributed by atoms with Crippen molar-refractivity contribution in [1.29, 1.82) is 0 Å². The zero-order chi connectivity index (χ0) is 20.1. The topological polar surface area (TPSA) is 79.8 Å². The van der Waals surface area contributed by atoms with Gasteiger partial charge in [-0.3, -0.25) is 9.78 Å². The van der Waals surface area contributed by atoms with Crippen molar-refractivity contribution in [3.05, 3.63) is 90.3 Å². The molecular weight excluding hydrogens is 369 g/mol. The molecule has 0 aliphatic heterocycles. The van der Waals surface area contributed by atoms with Crippen LogP contribution in [0.3, 0.4) is 0 Å². The van der Waals surface area contributed by atoms with Gasteiger partial charge in [0, 0.05) is 18.1 Å². The number of hydrogen-bond acceptors (Lipinski definition) is 5. The molecule has 29 heavy (non-hydrogen) atoms. The highest BCUT2D eigenvalue weighted by atomic mass is 19.1. The summed E-state index contributed by atoms with van der Waals surface area (Å²) in [5, 5.41) is 6.92. The number of carbonyl (C=O) groups is 1. The number of anilines is 2. The van der Waals surface area contributed by atoms with E-state index in [4.69, 9.17) is 0 Å². The van der Waals surface area contributed by atoms with E-state index in [2.05, 4.69) is 25.6 Å². The molecule has 0 bridgehead atoms. The summed E-state index contributed by atoms with van der Waals surface area (Å²) in [6.45, 7) is 0.619. The largest absolute Gasteiger partial charge is 0.368 e. The minimum Gasteiger partial charge on any atom is -0.368 e. The number of aromatic nitrogens is 3. The SMILES string of the molecule is O=C(Nc1cccc2cccnc12)c1cnc(NCCc2ccc(F)cc2)cn1. The number of nitrogens with one attached hydrogen (secondary N) is 2. The van der Waals surface area contributed by atoms with Gasteiger partial charge in [-0.05, 0) is 36.2 Å². The van der Waals surface area contributed by atoms with E-state index in [-0.39, 0.29) is 17.4 Å². The number of para-hydroxylation sites is 1. The fourth-order valence-electron chi connectivity index (χ4n) is 2.91. The minimum atomic E-state index is -0.353. The zero-order valence-electron chi connectivity index (χ0n) is 15.5. The molecule has 4 aromatic rings. The van der Waals surface area contributed by atoms with Crippen molar-refractivity contribution >= 4 is 28.3 Å². The van der Waals surface area contributed by atoms with E-state index in [9.17, 15) is 9.18 Å². The second-order valence-corrected chi connectivity index (χ2v) is 6.42. The predicted octanol–water partition coefficient (Wildman–Crippen LogP) is 4.07. The molecule has 0 saturated carbocycles. The first-order chi connectivity index (χ1) is 14.2. The molecule has 7 heteroatoms. The van der Waals surface area contributed by atoms with Crippen molar-refractivity contribution in [3.8, 4) is 0 Å². The van der Waals surface area contributed by atoms with Crippen LogP contribution in [0.4, 0.5) is 15.9 Å². The monoisotopic (exact) mass is 387 g/mol. The molecule has 2 aromatic heterocycles. The summed E-state index contributed by atoms with van der Waals surface area (Å²) < 4.78 is 12.9. The van der Waals surface area contributed by atoms with Gasteiger partial charge in [0.15, 0.2) is 0 Å². The Morgan fingerprint density at radius 3 is 2.55 bits per heavy atom. The van der Waals surface area contributed by atoms with Gasteiger partial charge in [-0.25, -0.2) is 14.4 Å². The molecule has 2 aromatic carbocycles. The van der Waals surface area contributed by atoms with Crippen molar-refractivity contribution in [2.75, 3.05) is 17.2 Å². The molecule has 0 aliphatic rings. The molecule has 2 N–H and O–H groups in total. The third-order valence-electron chi connectivity index (χ3n) is 4.40. The first-order valence-corrected chi connectivity index (χ1v) is 9.14. The fraction of sp³-hybridized carbons (Fsp3) is 0.0909. The second-order valence-electron chi connectivity index (χ2n) is 6.42. The Bertz CT molecular complexity index is 1120. The maximum Gasteiger partial charge on any atom is 0.275 e. The first kappa shape index (κ1) is 18.5. The van der Waals surface area contributed by atoms with Crippen LogP contribution in [-0.2, 0) is 6.42 Å². The third-order valence-corrected chi connectivity index (χ3v) is 4.40. The first-order valence-electron chi connectivity index (χ1n) is 9.14. The smallest absolute Gasteiger partial charge is 0.275 e. The molecule has 1 amide bonds. The number of hydrogen-bond donors (Lipinski definition) is 2. The summed E-state index contributed by atoms with van der Waals surface area (Å²) in [7, 11) is 0. The highest BCUT2D eigenvalue weighted by Gasteiger charge is 2.11. The number of carbonyl (C=O) groups excluding carboxylic acids is 1. The molecule has 0 unspecified atom stereocenters. The van der Waals surface area contributed by atoms with E-state index in [1.54, 1.807) is 24.4 Å². The van der Waals surface area contributed by atoms with Crippen LogP contribution in [0.5, 0.6) is 0 Å². The van der Waals surface area contributed by atoms with Crippen molar-refractivity contribution in [1.82, 2.24) is 15.0 Å². The molecule has 2 heterocycles. The molecule has 144 valence electrons. The molecule has 0 saturated heterocycles. The molecule has 6 nitrogen and oxygen atoms in total. The summed E-state index contributed by atoms with van der Waals surface area (Å²) in [5.74, 6) is -0.0373. The van der Waals surface area contributed by atoms with Gasteiger partial charge < -0.3 is 10.6 Å². The van der Waals surface area contributed by atoms with Gasteiger partial charge in [0.25, 0.3) is 5.91 Å². The highest BCUT2D eigenvalue weighted by Crippen LogP contribution is 2.21. The van der Waals surface area contributed by atoms with E-state index in [0.29, 0.717) is 18.1 Å². The van der Waals surface area contributed by atoms with Crippen LogP contribution in [-0.4, -0.2) is 27.4 Å². The maximum absolute atomic E-state index is 12.9. The lowest BCUT2D eigenvalue weighted by Gasteiger charge is -2.08. The van der Waals surface area contributed by atoms with Gasteiger partial charge in [0.1, 0.15) is 17.3 Å². The van der Waals surface area contributed by atoms with E-state index in [1.807, 2.05) is 24.3 Å². The van der Waals surface area contributed by atoms with E-state index >= 15 is 0 Å². The lowest BCUT2D eigenvalue weighted by Crippen LogP contribution is -2.15. The van der Waals surface area contributed by atoms with Crippen LogP contribution in [0.2, 0.25) is 0 Å². The third kappa shape index (κ3) is 4.52.